The fourth-order valence-corrected chi connectivity index (χ4v) is 11.1. The van der Waals surface area contributed by atoms with Crippen LogP contribution in [0.2, 0.25) is 0 Å². The van der Waals surface area contributed by atoms with Crippen LogP contribution in [0.3, 0.4) is 0 Å². The first-order valence-electron chi connectivity index (χ1n) is 16.6. The summed E-state index contributed by atoms with van der Waals surface area (Å²) in [5.74, 6) is 3.89. The maximum atomic E-state index is 11.7. The largest absolute Gasteiger partial charge is 0.394 e. The van der Waals surface area contributed by atoms with Crippen LogP contribution in [0.1, 0.15) is 91.9 Å². The molecule has 41 heavy (non-hydrogen) atoms. The minimum absolute atomic E-state index is 0.0478. The predicted octanol–water partition coefficient (Wildman–Crippen LogP) is 3.31. The van der Waals surface area contributed by atoms with Gasteiger partial charge in [0.1, 0.15) is 24.4 Å². The van der Waals surface area contributed by atoms with Crippen molar-refractivity contribution in [2.75, 3.05) is 13.2 Å². The van der Waals surface area contributed by atoms with Crippen LogP contribution in [0.5, 0.6) is 0 Å². The van der Waals surface area contributed by atoms with E-state index in [2.05, 4.69) is 27.7 Å². The number of hydrogen-bond donors (Lipinski definition) is 5. The Bertz CT molecular complexity index is 975. The maximum absolute atomic E-state index is 11.7. The molecule has 4 saturated carbocycles. The topological polar surface area (TPSA) is 132 Å². The minimum Gasteiger partial charge on any atom is -0.394 e. The molecule has 0 aromatic carbocycles. The Hall–Kier alpha value is -0.610. The third kappa shape index (κ3) is 5.05. The zero-order valence-electron chi connectivity index (χ0n) is 25.6. The monoisotopic (exact) mass is 577 g/mol. The second-order valence-corrected chi connectivity index (χ2v) is 15.5. The lowest BCUT2D eigenvalue weighted by Gasteiger charge is -2.62. The number of aliphatic imine (C=N–C) groups is 1. The van der Waals surface area contributed by atoms with Crippen molar-refractivity contribution in [3.63, 3.8) is 0 Å². The zero-order valence-corrected chi connectivity index (χ0v) is 25.6. The number of aliphatic hydroxyl groups is 5. The van der Waals surface area contributed by atoms with Gasteiger partial charge in [-0.3, -0.25) is 4.99 Å². The van der Waals surface area contributed by atoms with Crippen molar-refractivity contribution in [3.05, 3.63) is 0 Å². The Labute approximate surface area is 245 Å². The van der Waals surface area contributed by atoms with Crippen molar-refractivity contribution in [2.45, 2.75) is 135 Å². The van der Waals surface area contributed by atoms with E-state index >= 15 is 0 Å². The van der Waals surface area contributed by atoms with Crippen molar-refractivity contribution in [3.8, 4) is 0 Å². The SMILES string of the molecule is C[C@@H]1CCC([C@@H](C)[C@H]2CC[C@@H]3[C@@H]4C[C@@H](O)[C@H]5C[C@@H](O[C@H]6O[C@H](CO)[C@@H](O)[C@@H](O)[C@@H]6O)CC[C@]5(C)[C@@H]4CC[C@@]32C)=NC1. The highest BCUT2D eigenvalue weighted by Crippen LogP contribution is 2.68. The second kappa shape index (κ2) is 11.4. The molecule has 6 rings (SSSR count). The summed E-state index contributed by atoms with van der Waals surface area (Å²) in [7, 11) is 0. The molecule has 16 atom stereocenters. The first-order valence-corrected chi connectivity index (χ1v) is 16.6. The molecule has 2 heterocycles. The van der Waals surface area contributed by atoms with E-state index in [9.17, 15) is 25.5 Å². The van der Waals surface area contributed by atoms with Gasteiger partial charge < -0.3 is 35.0 Å². The molecule has 2 aliphatic heterocycles. The van der Waals surface area contributed by atoms with Gasteiger partial charge in [0, 0.05) is 12.3 Å². The fourth-order valence-electron chi connectivity index (χ4n) is 11.1. The molecule has 8 nitrogen and oxygen atoms in total. The van der Waals surface area contributed by atoms with Crippen LogP contribution in [-0.2, 0) is 9.47 Å². The number of ether oxygens (including phenoxy) is 2. The summed E-state index contributed by atoms with van der Waals surface area (Å²) in [6.07, 6.45) is 3.87. The Morgan fingerprint density at radius 3 is 2.34 bits per heavy atom. The van der Waals surface area contributed by atoms with Gasteiger partial charge in [-0.05, 0) is 116 Å². The fraction of sp³-hybridized carbons (Fsp3) is 0.970. The molecule has 5 fully saturated rings. The molecule has 4 aliphatic carbocycles. The van der Waals surface area contributed by atoms with Gasteiger partial charge in [0.15, 0.2) is 6.29 Å². The van der Waals surface area contributed by atoms with Crippen molar-refractivity contribution < 1.29 is 35.0 Å². The zero-order chi connectivity index (χ0) is 29.3. The molecule has 0 unspecified atom stereocenters. The van der Waals surface area contributed by atoms with E-state index in [0.717, 1.165) is 32.2 Å². The highest BCUT2D eigenvalue weighted by molar-refractivity contribution is 5.87. The van der Waals surface area contributed by atoms with Crippen LogP contribution in [0.4, 0.5) is 0 Å². The normalized spacial score (nSPS) is 54.5. The average Bonchev–Trinajstić information content (AvgIpc) is 3.31. The second-order valence-electron chi connectivity index (χ2n) is 15.5. The van der Waals surface area contributed by atoms with Gasteiger partial charge in [0.2, 0.25) is 0 Å². The van der Waals surface area contributed by atoms with Crippen molar-refractivity contribution in [2.24, 2.45) is 57.2 Å². The number of hydrogen-bond acceptors (Lipinski definition) is 8. The molecule has 0 bridgehead atoms. The number of fused-ring (bicyclic) bond motifs is 5. The van der Waals surface area contributed by atoms with E-state index in [-0.39, 0.29) is 23.5 Å². The standard InChI is InChI=1S/C33H55NO7/c1-17-5-8-25(34-15-17)18(2)21-6-7-22-20-14-26(36)24-13-19(9-11-33(24,4)23(20)10-12-32(21,22)3)40-31-30(39)29(38)28(37)27(16-35)41-31/h17-24,26-31,35-39H,5-16H2,1-4H3/t17-,18+,19+,20+,21-,22-,23-,24-,26-,27-,28-,29-,30+,31+,32-,33-/m1/s1. The highest BCUT2D eigenvalue weighted by Gasteiger charge is 2.63. The van der Waals surface area contributed by atoms with Gasteiger partial charge in [-0.2, -0.15) is 0 Å². The summed E-state index contributed by atoms with van der Waals surface area (Å²) in [6, 6.07) is 0. The third-order valence-corrected chi connectivity index (χ3v) is 13.5. The molecule has 5 N–H and O–H groups in total. The van der Waals surface area contributed by atoms with E-state index < -0.39 is 37.3 Å². The van der Waals surface area contributed by atoms with Gasteiger partial charge >= 0.3 is 0 Å². The Morgan fingerprint density at radius 2 is 1.63 bits per heavy atom. The van der Waals surface area contributed by atoms with E-state index in [1.165, 1.54) is 37.8 Å². The highest BCUT2D eigenvalue weighted by atomic mass is 16.7. The van der Waals surface area contributed by atoms with Gasteiger partial charge in [-0.25, -0.2) is 0 Å². The molecule has 8 heteroatoms. The molecular formula is C33H55NO7. The van der Waals surface area contributed by atoms with Crippen LogP contribution >= 0.6 is 0 Å². The minimum atomic E-state index is -1.44. The molecule has 0 amide bonds. The van der Waals surface area contributed by atoms with Gasteiger partial charge in [0.25, 0.3) is 0 Å². The maximum Gasteiger partial charge on any atom is 0.186 e. The average molecular weight is 578 g/mol. The number of aliphatic hydroxyl groups excluding tert-OH is 5. The van der Waals surface area contributed by atoms with Crippen LogP contribution < -0.4 is 0 Å². The molecule has 6 aliphatic rings. The van der Waals surface area contributed by atoms with E-state index in [1.54, 1.807) is 0 Å². The lowest BCUT2D eigenvalue weighted by Crippen LogP contribution is -2.61. The van der Waals surface area contributed by atoms with Gasteiger partial charge in [-0.1, -0.05) is 27.7 Å². The van der Waals surface area contributed by atoms with E-state index in [0.29, 0.717) is 47.3 Å². The van der Waals surface area contributed by atoms with Crippen LogP contribution in [0.25, 0.3) is 0 Å². The van der Waals surface area contributed by atoms with E-state index in [1.807, 2.05) is 0 Å². The molecule has 0 aromatic rings. The summed E-state index contributed by atoms with van der Waals surface area (Å²) in [5, 5.41) is 52.1. The molecular weight excluding hydrogens is 522 g/mol. The van der Waals surface area contributed by atoms with Crippen molar-refractivity contribution in [1.82, 2.24) is 0 Å². The third-order valence-electron chi connectivity index (χ3n) is 13.5. The first kappa shape index (κ1) is 30.4. The molecule has 1 saturated heterocycles. The summed E-state index contributed by atoms with van der Waals surface area (Å²) in [5.41, 5.74) is 1.83. The Kier molecular flexibility index (Phi) is 8.45. The molecule has 0 spiro atoms. The Morgan fingerprint density at radius 1 is 0.902 bits per heavy atom. The summed E-state index contributed by atoms with van der Waals surface area (Å²) >= 11 is 0. The quantitative estimate of drug-likeness (QED) is 0.317. The lowest BCUT2D eigenvalue weighted by molar-refractivity contribution is -0.317. The van der Waals surface area contributed by atoms with Crippen molar-refractivity contribution in [1.29, 1.82) is 0 Å². The van der Waals surface area contributed by atoms with Crippen LogP contribution in [0.15, 0.2) is 4.99 Å². The predicted molar refractivity (Wildman–Crippen MR) is 155 cm³/mol. The van der Waals surface area contributed by atoms with Crippen LogP contribution in [0, 0.1) is 52.3 Å². The lowest BCUT2D eigenvalue weighted by atomic mass is 9.43. The number of rotatable bonds is 5. The summed E-state index contributed by atoms with van der Waals surface area (Å²) in [4.78, 5) is 5.05. The molecule has 0 radical (unpaired) electrons. The number of nitrogens with zero attached hydrogens (tertiary/aromatic N) is 1. The Balaban J connectivity index is 1.14. The van der Waals surface area contributed by atoms with Gasteiger partial charge in [-0.15, -0.1) is 0 Å². The molecule has 234 valence electrons. The summed E-state index contributed by atoms with van der Waals surface area (Å²) < 4.78 is 11.8. The summed E-state index contributed by atoms with van der Waals surface area (Å²) in [6.45, 7) is 10.3. The van der Waals surface area contributed by atoms with Gasteiger partial charge in [0.05, 0.1) is 18.8 Å². The van der Waals surface area contributed by atoms with Crippen LogP contribution in [-0.4, -0.2) is 87.3 Å². The van der Waals surface area contributed by atoms with Crippen molar-refractivity contribution >= 4 is 5.71 Å². The molecule has 0 aromatic heterocycles. The van der Waals surface area contributed by atoms with E-state index in [4.69, 9.17) is 14.5 Å². The smallest absolute Gasteiger partial charge is 0.186 e. The first-order chi connectivity index (χ1) is 19.5.